The topological polar surface area (TPSA) is 26.3 Å². The quantitative estimate of drug-likeness (QED) is 0.271. The first-order valence-electron chi connectivity index (χ1n) is 8.53. The Morgan fingerprint density at radius 3 is 2.00 bits per heavy atom. The number of hydrogen-bond donors (Lipinski definition) is 0. The molecule has 0 fully saturated rings. The van der Waals surface area contributed by atoms with Crippen molar-refractivity contribution in [2.75, 3.05) is 6.61 Å². The maximum Gasteiger partial charge on any atom is 0.417 e. The molecule has 2 nitrogen and oxygen atoms in total. The number of ether oxygens (including phenoxy) is 1. The van der Waals surface area contributed by atoms with Crippen LogP contribution >= 0.6 is 0 Å². The third-order valence-electron chi connectivity index (χ3n) is 3.85. The lowest BCUT2D eigenvalue weighted by atomic mass is 10.00. The van der Waals surface area contributed by atoms with Crippen molar-refractivity contribution in [3.8, 4) is 0 Å². The van der Waals surface area contributed by atoms with E-state index in [1.807, 2.05) is 0 Å². The number of esters is 1. The number of rotatable bonds is 9. The molecular formula is C18H22F6O2. The van der Waals surface area contributed by atoms with E-state index in [1.54, 1.807) is 0 Å². The highest BCUT2D eigenvalue weighted by Crippen LogP contribution is 2.42. The minimum Gasteiger partial charge on any atom is -0.462 e. The van der Waals surface area contributed by atoms with Crippen LogP contribution in [0.4, 0.5) is 26.3 Å². The molecule has 0 saturated carbocycles. The molecule has 1 rings (SSSR count). The van der Waals surface area contributed by atoms with Gasteiger partial charge in [-0.2, -0.15) is 26.3 Å². The van der Waals surface area contributed by atoms with Crippen LogP contribution in [0.3, 0.4) is 0 Å². The van der Waals surface area contributed by atoms with Gasteiger partial charge < -0.3 is 4.74 Å². The molecule has 0 spiro atoms. The Morgan fingerprint density at radius 1 is 0.885 bits per heavy atom. The number of benzene rings is 1. The lowest BCUT2D eigenvalue weighted by Gasteiger charge is -2.18. The van der Waals surface area contributed by atoms with E-state index >= 15 is 0 Å². The molecule has 0 aliphatic heterocycles. The Hall–Kier alpha value is -1.73. The van der Waals surface area contributed by atoms with Gasteiger partial charge in [-0.3, -0.25) is 0 Å². The molecule has 0 aromatic heterocycles. The summed E-state index contributed by atoms with van der Waals surface area (Å²) in [7, 11) is 0. The highest BCUT2D eigenvalue weighted by Gasteiger charge is 2.46. The van der Waals surface area contributed by atoms with E-state index in [9.17, 15) is 31.1 Å². The van der Waals surface area contributed by atoms with Gasteiger partial charge in [0.05, 0.1) is 23.3 Å². The van der Waals surface area contributed by atoms with E-state index in [0.29, 0.717) is 18.6 Å². The molecule has 0 aliphatic rings. The number of carbonyl (C=O) groups is 1. The second-order valence-corrected chi connectivity index (χ2v) is 5.98. The van der Waals surface area contributed by atoms with Crippen molar-refractivity contribution >= 4 is 5.97 Å². The van der Waals surface area contributed by atoms with Gasteiger partial charge in [0.25, 0.3) is 0 Å². The molecule has 0 heterocycles. The highest BCUT2D eigenvalue weighted by atomic mass is 19.4. The third kappa shape index (κ3) is 6.88. The zero-order chi connectivity index (χ0) is 19.8. The molecule has 0 unspecified atom stereocenters. The molecule has 0 aliphatic carbocycles. The predicted molar refractivity (Wildman–Crippen MR) is 84.7 cm³/mol. The predicted octanol–water partition coefficient (Wildman–Crippen LogP) is 6.63. The average Bonchev–Trinajstić information content (AvgIpc) is 2.54. The first kappa shape index (κ1) is 22.3. The van der Waals surface area contributed by atoms with Gasteiger partial charge in [0, 0.05) is 0 Å². The Balaban J connectivity index is 2.72. The standard InChI is InChI=1S/C18H22F6O2/c1-2-3-4-5-6-7-8-12-26-16(25)13-10-9-11-14(17(19,20)21)15(13)18(22,23)24/h9-11H,2-8,12H2,1H3. The second-order valence-electron chi connectivity index (χ2n) is 5.98. The van der Waals surface area contributed by atoms with E-state index < -0.39 is 35.0 Å². The van der Waals surface area contributed by atoms with Crippen molar-refractivity contribution in [3.05, 3.63) is 34.9 Å². The lowest BCUT2D eigenvalue weighted by Crippen LogP contribution is -2.22. The fraction of sp³-hybridized carbons (Fsp3) is 0.611. The fourth-order valence-electron chi connectivity index (χ4n) is 2.57. The van der Waals surface area contributed by atoms with Crippen LogP contribution in [0.5, 0.6) is 0 Å². The Morgan fingerprint density at radius 2 is 1.46 bits per heavy atom. The summed E-state index contributed by atoms with van der Waals surface area (Å²) in [6.45, 7) is 1.96. The molecule has 0 saturated heterocycles. The van der Waals surface area contributed by atoms with Crippen molar-refractivity contribution < 1.29 is 35.9 Å². The third-order valence-corrected chi connectivity index (χ3v) is 3.85. The van der Waals surface area contributed by atoms with E-state index in [0.717, 1.165) is 44.6 Å². The molecule has 0 N–H and O–H groups in total. The van der Waals surface area contributed by atoms with Crippen LogP contribution in [0, 0.1) is 0 Å². The van der Waals surface area contributed by atoms with Crippen molar-refractivity contribution in [2.45, 2.75) is 64.2 Å². The van der Waals surface area contributed by atoms with E-state index in [-0.39, 0.29) is 6.61 Å². The van der Waals surface area contributed by atoms with E-state index in [1.165, 1.54) is 0 Å². The number of alkyl halides is 6. The van der Waals surface area contributed by atoms with E-state index in [2.05, 4.69) is 6.92 Å². The van der Waals surface area contributed by atoms with Gasteiger partial charge in [-0.1, -0.05) is 51.5 Å². The summed E-state index contributed by atoms with van der Waals surface area (Å²) in [4.78, 5) is 11.9. The fourth-order valence-corrected chi connectivity index (χ4v) is 2.57. The molecular weight excluding hydrogens is 362 g/mol. The number of carbonyl (C=O) groups excluding carboxylic acids is 1. The summed E-state index contributed by atoms with van der Waals surface area (Å²) in [5.41, 5.74) is -5.01. The number of halogens is 6. The normalized spacial score (nSPS) is 12.3. The van der Waals surface area contributed by atoms with Crippen molar-refractivity contribution in [1.82, 2.24) is 0 Å². The van der Waals surface area contributed by atoms with Crippen LogP contribution in [0.1, 0.15) is 73.4 Å². The largest absolute Gasteiger partial charge is 0.462 e. The van der Waals surface area contributed by atoms with Gasteiger partial charge in [-0.25, -0.2) is 4.79 Å². The van der Waals surface area contributed by atoms with Crippen LogP contribution < -0.4 is 0 Å². The van der Waals surface area contributed by atoms with Crippen LogP contribution in [0.25, 0.3) is 0 Å². The Kier molecular flexibility index (Phi) is 8.43. The molecule has 0 atom stereocenters. The van der Waals surface area contributed by atoms with Crippen LogP contribution in [0.15, 0.2) is 18.2 Å². The maximum absolute atomic E-state index is 13.1. The van der Waals surface area contributed by atoms with Crippen molar-refractivity contribution in [2.24, 2.45) is 0 Å². The van der Waals surface area contributed by atoms with Gasteiger partial charge in [0.2, 0.25) is 0 Å². The van der Waals surface area contributed by atoms with Gasteiger partial charge in [0.1, 0.15) is 0 Å². The van der Waals surface area contributed by atoms with Gasteiger partial charge in [-0.15, -0.1) is 0 Å². The Labute approximate surface area is 148 Å². The van der Waals surface area contributed by atoms with E-state index in [4.69, 9.17) is 4.74 Å². The molecule has 1 aromatic rings. The van der Waals surface area contributed by atoms with Crippen molar-refractivity contribution in [3.63, 3.8) is 0 Å². The van der Waals surface area contributed by atoms with Gasteiger partial charge in [-0.05, 0) is 18.6 Å². The molecule has 148 valence electrons. The Bertz CT molecular complexity index is 578. The maximum atomic E-state index is 13.1. The van der Waals surface area contributed by atoms with Crippen molar-refractivity contribution in [1.29, 1.82) is 0 Å². The van der Waals surface area contributed by atoms with Crippen LogP contribution in [0.2, 0.25) is 0 Å². The zero-order valence-electron chi connectivity index (χ0n) is 14.5. The highest BCUT2D eigenvalue weighted by molar-refractivity contribution is 5.91. The molecule has 0 bridgehead atoms. The summed E-state index contributed by atoms with van der Waals surface area (Å²) >= 11 is 0. The molecule has 26 heavy (non-hydrogen) atoms. The second kappa shape index (κ2) is 9.83. The van der Waals surface area contributed by atoms with Crippen LogP contribution in [-0.4, -0.2) is 12.6 Å². The smallest absolute Gasteiger partial charge is 0.417 e. The molecule has 8 heteroatoms. The first-order valence-corrected chi connectivity index (χ1v) is 8.53. The molecule has 0 amide bonds. The minimum atomic E-state index is -5.32. The monoisotopic (exact) mass is 384 g/mol. The number of unbranched alkanes of at least 4 members (excludes halogenated alkanes) is 6. The summed E-state index contributed by atoms with van der Waals surface area (Å²) in [5, 5.41) is 0. The SMILES string of the molecule is CCCCCCCCCOC(=O)c1cccc(C(F)(F)F)c1C(F)(F)F. The summed E-state index contributed by atoms with van der Waals surface area (Å²) < 4.78 is 82.5. The zero-order valence-corrected chi connectivity index (χ0v) is 14.5. The summed E-state index contributed by atoms with van der Waals surface area (Å²) in [6, 6.07) is 1.77. The summed E-state index contributed by atoms with van der Waals surface area (Å²) in [5.74, 6) is -1.39. The molecule has 0 radical (unpaired) electrons. The molecule has 1 aromatic carbocycles. The van der Waals surface area contributed by atoms with Gasteiger partial charge >= 0.3 is 18.3 Å². The first-order chi connectivity index (χ1) is 12.1. The summed E-state index contributed by atoms with van der Waals surface area (Å²) in [6.07, 6.45) is -4.08. The average molecular weight is 384 g/mol. The van der Waals surface area contributed by atoms with Gasteiger partial charge in [0.15, 0.2) is 0 Å². The lowest BCUT2D eigenvalue weighted by molar-refractivity contribution is -0.162. The number of hydrogen-bond acceptors (Lipinski definition) is 2. The minimum absolute atomic E-state index is 0.125. The van der Waals surface area contributed by atoms with Crippen LogP contribution in [-0.2, 0) is 17.1 Å².